The van der Waals surface area contributed by atoms with E-state index in [2.05, 4.69) is 22.5 Å². The van der Waals surface area contributed by atoms with E-state index < -0.39 is 11.8 Å². The minimum atomic E-state index is -0.721. The summed E-state index contributed by atoms with van der Waals surface area (Å²) in [6.07, 6.45) is 0.777. The molecule has 0 unspecified atom stereocenters. The zero-order valence-corrected chi connectivity index (χ0v) is 16.3. The maximum atomic E-state index is 12.5. The first-order valence-corrected chi connectivity index (χ1v) is 9.37. The number of benzene rings is 2. The van der Waals surface area contributed by atoms with Crippen LogP contribution in [-0.2, 0) is 16.0 Å². The van der Waals surface area contributed by atoms with Gasteiger partial charge in [-0.05, 0) is 48.2 Å². The van der Waals surface area contributed by atoms with Gasteiger partial charge in [-0.3, -0.25) is 9.59 Å². The number of nitrogens with two attached hydrogens (primary N) is 1. The fourth-order valence-corrected chi connectivity index (χ4v) is 3.56. The van der Waals surface area contributed by atoms with Crippen LogP contribution in [0.15, 0.2) is 54.9 Å². The van der Waals surface area contributed by atoms with Crippen LogP contribution in [0.3, 0.4) is 0 Å². The van der Waals surface area contributed by atoms with E-state index in [0.717, 1.165) is 23.1 Å². The number of fused-ring (bicyclic) bond motifs is 1. The molecule has 0 saturated heterocycles. The van der Waals surface area contributed by atoms with Crippen LogP contribution >= 0.6 is 11.6 Å². The van der Waals surface area contributed by atoms with Crippen LogP contribution in [-0.4, -0.2) is 18.4 Å². The van der Waals surface area contributed by atoms with Gasteiger partial charge in [0.15, 0.2) is 0 Å². The lowest BCUT2D eigenvalue weighted by Gasteiger charge is -2.22. The van der Waals surface area contributed by atoms with Gasteiger partial charge in [0, 0.05) is 23.2 Å². The maximum Gasteiger partial charge on any atom is 0.313 e. The number of halogens is 1. The van der Waals surface area contributed by atoms with Crippen molar-refractivity contribution in [2.75, 3.05) is 11.9 Å². The molecule has 0 spiro atoms. The van der Waals surface area contributed by atoms with Crippen molar-refractivity contribution in [3.63, 3.8) is 0 Å². The van der Waals surface area contributed by atoms with Gasteiger partial charge in [-0.2, -0.15) is 0 Å². The standard InChI is InChI=1S/C21H23ClN4O2/c1-12-9-16(7-8-18(12)22)25-20(27)21(28)26-19-15(11-24-13(2)23)10-14-5-3-4-6-17(14)19/h3-9,15,19,24H,2,10-11,23H2,1H3,(H,25,27)(H,26,28)/t15-,19-/m1/s1. The Kier molecular flexibility index (Phi) is 5.90. The van der Waals surface area contributed by atoms with E-state index >= 15 is 0 Å². The lowest BCUT2D eigenvalue weighted by molar-refractivity contribution is -0.136. The lowest BCUT2D eigenvalue weighted by Crippen LogP contribution is -2.41. The van der Waals surface area contributed by atoms with Gasteiger partial charge in [-0.15, -0.1) is 0 Å². The van der Waals surface area contributed by atoms with Crippen molar-refractivity contribution in [1.82, 2.24) is 10.6 Å². The number of rotatable bonds is 5. The molecule has 6 nitrogen and oxygen atoms in total. The van der Waals surface area contributed by atoms with Gasteiger partial charge in [-0.25, -0.2) is 0 Å². The Balaban J connectivity index is 1.71. The van der Waals surface area contributed by atoms with Crippen LogP contribution in [0.2, 0.25) is 5.02 Å². The first kappa shape index (κ1) is 19.8. The number of hydrogen-bond acceptors (Lipinski definition) is 4. The summed E-state index contributed by atoms with van der Waals surface area (Å²) in [6, 6.07) is 12.7. The molecule has 28 heavy (non-hydrogen) atoms. The average molecular weight is 399 g/mol. The van der Waals surface area contributed by atoms with Crippen molar-refractivity contribution in [2.45, 2.75) is 19.4 Å². The van der Waals surface area contributed by atoms with Gasteiger partial charge in [0.25, 0.3) is 0 Å². The molecule has 2 atom stereocenters. The van der Waals surface area contributed by atoms with Crippen molar-refractivity contribution in [1.29, 1.82) is 0 Å². The summed E-state index contributed by atoms with van der Waals surface area (Å²) >= 11 is 6.00. The fourth-order valence-electron chi connectivity index (χ4n) is 3.44. The predicted octanol–water partition coefficient (Wildman–Crippen LogP) is 2.64. The summed E-state index contributed by atoms with van der Waals surface area (Å²) in [4.78, 5) is 24.9. The normalized spacial score (nSPS) is 17.5. The van der Waals surface area contributed by atoms with Crippen LogP contribution in [0.5, 0.6) is 0 Å². The summed E-state index contributed by atoms with van der Waals surface area (Å²) in [5.41, 5.74) is 9.11. The topological polar surface area (TPSA) is 96.2 Å². The molecular weight excluding hydrogens is 376 g/mol. The summed E-state index contributed by atoms with van der Waals surface area (Å²) < 4.78 is 0. The number of carbonyl (C=O) groups is 2. The fraction of sp³-hybridized carbons (Fsp3) is 0.238. The summed E-state index contributed by atoms with van der Waals surface area (Å²) in [7, 11) is 0. The van der Waals surface area contributed by atoms with Gasteiger partial charge in [0.05, 0.1) is 11.9 Å². The van der Waals surface area contributed by atoms with E-state index in [9.17, 15) is 9.59 Å². The zero-order valence-electron chi connectivity index (χ0n) is 15.6. The lowest BCUT2D eigenvalue weighted by atomic mass is 10.0. The van der Waals surface area contributed by atoms with E-state index in [1.807, 2.05) is 31.2 Å². The Morgan fingerprint density at radius 1 is 1.21 bits per heavy atom. The SMILES string of the molecule is C=C(N)NC[C@H]1Cc2ccccc2[C@@H]1NC(=O)C(=O)Nc1ccc(Cl)c(C)c1. The van der Waals surface area contributed by atoms with Gasteiger partial charge in [-0.1, -0.05) is 42.4 Å². The molecule has 0 heterocycles. The third kappa shape index (κ3) is 4.46. The predicted molar refractivity (Wildman–Crippen MR) is 111 cm³/mol. The molecule has 2 aromatic rings. The maximum absolute atomic E-state index is 12.5. The van der Waals surface area contributed by atoms with E-state index in [-0.39, 0.29) is 12.0 Å². The number of hydrogen-bond donors (Lipinski definition) is 4. The van der Waals surface area contributed by atoms with Crippen LogP contribution < -0.4 is 21.7 Å². The molecule has 0 fully saturated rings. The third-order valence-electron chi connectivity index (χ3n) is 4.84. The Labute approximate surface area is 169 Å². The van der Waals surface area contributed by atoms with Crippen molar-refractivity contribution < 1.29 is 9.59 Å². The van der Waals surface area contributed by atoms with Gasteiger partial charge in [0.2, 0.25) is 0 Å². The van der Waals surface area contributed by atoms with E-state index in [1.165, 1.54) is 0 Å². The molecule has 2 amide bonds. The molecule has 2 aromatic carbocycles. The van der Waals surface area contributed by atoms with E-state index in [1.54, 1.807) is 18.2 Å². The second kappa shape index (κ2) is 8.35. The van der Waals surface area contributed by atoms with Crippen LogP contribution in [0.4, 0.5) is 5.69 Å². The van der Waals surface area contributed by atoms with Gasteiger partial charge in [0.1, 0.15) is 0 Å². The summed E-state index contributed by atoms with van der Waals surface area (Å²) in [5.74, 6) is -0.976. The molecule has 5 N–H and O–H groups in total. The first-order valence-electron chi connectivity index (χ1n) is 8.99. The minimum absolute atomic E-state index is 0.0622. The Morgan fingerprint density at radius 2 is 1.96 bits per heavy atom. The monoisotopic (exact) mass is 398 g/mol. The summed E-state index contributed by atoms with van der Waals surface area (Å²) in [5, 5.41) is 9.10. The average Bonchev–Trinajstić information content (AvgIpc) is 3.00. The highest BCUT2D eigenvalue weighted by Gasteiger charge is 2.34. The minimum Gasteiger partial charge on any atom is -0.386 e. The first-order chi connectivity index (χ1) is 13.3. The molecule has 7 heteroatoms. The molecule has 0 saturated carbocycles. The van der Waals surface area contributed by atoms with Crippen molar-refractivity contribution >= 4 is 29.1 Å². The smallest absolute Gasteiger partial charge is 0.313 e. The quantitative estimate of drug-likeness (QED) is 0.582. The molecule has 146 valence electrons. The van der Waals surface area contributed by atoms with E-state index in [0.29, 0.717) is 23.1 Å². The van der Waals surface area contributed by atoms with Crippen molar-refractivity contribution in [3.8, 4) is 0 Å². The second-order valence-electron chi connectivity index (χ2n) is 6.94. The molecule has 0 radical (unpaired) electrons. The Bertz CT molecular complexity index is 928. The third-order valence-corrected chi connectivity index (χ3v) is 5.27. The largest absolute Gasteiger partial charge is 0.386 e. The van der Waals surface area contributed by atoms with Crippen LogP contribution in [0.25, 0.3) is 0 Å². The van der Waals surface area contributed by atoms with Crippen LogP contribution in [0, 0.1) is 12.8 Å². The van der Waals surface area contributed by atoms with Crippen molar-refractivity contribution in [2.24, 2.45) is 11.7 Å². The second-order valence-corrected chi connectivity index (χ2v) is 7.35. The van der Waals surface area contributed by atoms with E-state index in [4.69, 9.17) is 17.3 Å². The molecule has 3 rings (SSSR count). The highest BCUT2D eigenvalue weighted by atomic mass is 35.5. The highest BCUT2D eigenvalue weighted by molar-refractivity contribution is 6.39. The molecule has 0 aliphatic heterocycles. The molecule has 1 aliphatic carbocycles. The number of aryl methyl sites for hydroxylation is 1. The number of amides is 2. The van der Waals surface area contributed by atoms with Crippen molar-refractivity contribution in [3.05, 3.63) is 76.6 Å². The molecule has 1 aliphatic rings. The Hall–Kier alpha value is -2.99. The van der Waals surface area contributed by atoms with Crippen LogP contribution in [0.1, 0.15) is 22.7 Å². The number of carbonyl (C=O) groups excluding carboxylic acids is 2. The summed E-state index contributed by atoms with van der Waals surface area (Å²) in [6.45, 7) is 6.02. The molecule has 0 bridgehead atoms. The van der Waals surface area contributed by atoms with Gasteiger partial charge < -0.3 is 21.7 Å². The van der Waals surface area contributed by atoms with Gasteiger partial charge >= 0.3 is 11.8 Å². The highest BCUT2D eigenvalue weighted by Crippen LogP contribution is 2.35. The molecule has 0 aromatic heterocycles. The zero-order chi connectivity index (χ0) is 20.3. The Morgan fingerprint density at radius 3 is 2.68 bits per heavy atom. The molecular formula is C21H23ClN4O2. The number of nitrogens with one attached hydrogen (secondary N) is 3. The number of anilines is 1.